The summed E-state index contributed by atoms with van der Waals surface area (Å²) in [5.74, 6) is 2.49. The van der Waals surface area contributed by atoms with Crippen LogP contribution in [-0.2, 0) is 23.2 Å². The number of amides is 1. The highest BCUT2D eigenvalue weighted by atomic mass is 16.5. The molecular formula is C40H60N4O5. The Hall–Kier alpha value is -3.90. The number of ether oxygens (including phenoxy) is 2. The Bertz CT molecular complexity index is 1540. The number of methoxy groups -OCH3 is 2. The lowest BCUT2D eigenvalue weighted by Crippen LogP contribution is -2.50. The molecular weight excluding hydrogens is 616 g/mol. The number of benzene rings is 1. The molecule has 0 bridgehead atoms. The van der Waals surface area contributed by atoms with Crippen molar-refractivity contribution in [3.8, 4) is 28.7 Å². The molecule has 0 spiro atoms. The molecule has 0 aliphatic carbocycles. The first kappa shape index (κ1) is 41.3. The molecule has 1 amide bonds. The molecule has 2 heterocycles. The fourth-order valence-corrected chi connectivity index (χ4v) is 6.01. The number of rotatable bonds is 12. The minimum atomic E-state index is -0.164. The number of nitriles is 1. The van der Waals surface area contributed by atoms with Crippen molar-refractivity contribution in [1.82, 2.24) is 14.4 Å². The van der Waals surface area contributed by atoms with Crippen LogP contribution in [0.2, 0.25) is 0 Å². The van der Waals surface area contributed by atoms with Crippen LogP contribution in [0.5, 0.6) is 11.5 Å². The summed E-state index contributed by atoms with van der Waals surface area (Å²) in [4.78, 5) is 40.8. The van der Waals surface area contributed by atoms with Gasteiger partial charge in [-0.05, 0) is 74.6 Å². The lowest BCUT2D eigenvalue weighted by molar-refractivity contribution is -0.137. The highest BCUT2D eigenvalue weighted by molar-refractivity contribution is 5.97. The number of hydrogen-bond acceptors (Lipinski definition) is 7. The zero-order valence-corrected chi connectivity index (χ0v) is 32.2. The molecule has 1 aliphatic heterocycles. The first-order valence-electron chi connectivity index (χ1n) is 17.6. The zero-order chi connectivity index (χ0) is 37.1. The van der Waals surface area contributed by atoms with Gasteiger partial charge in [-0.15, -0.1) is 0 Å². The van der Waals surface area contributed by atoms with Crippen LogP contribution in [0.1, 0.15) is 90.8 Å². The van der Waals surface area contributed by atoms with Crippen molar-refractivity contribution in [2.45, 2.75) is 94.5 Å². The molecule has 1 aromatic heterocycles. The van der Waals surface area contributed by atoms with E-state index in [2.05, 4.69) is 30.6 Å². The summed E-state index contributed by atoms with van der Waals surface area (Å²) >= 11 is 0. The monoisotopic (exact) mass is 676 g/mol. The standard InChI is InChI=1S/C31H47N3O4.C9H13NO/c1-9-21(3)11-12-24(10-2)31(36)34-15-13-33(14-16-34)20-27-28(37-7)17-25(18-29(27)38-8)26-19-32(6)30(35)23(5)22(26)4;1-7(11)8(6-10)5-9(2,3)4/h17-19,21,24H,9-16,20H2,1-8H3;5H,1-4H3/b;8-5+/t21-,24?;/m1./s1. The van der Waals surface area contributed by atoms with Crippen LogP contribution in [0.25, 0.3) is 11.1 Å². The normalized spacial score (nSPS) is 15.1. The molecule has 2 atom stereocenters. The Morgan fingerprint density at radius 3 is 1.98 bits per heavy atom. The number of carbonyl (C=O) groups is 2. The van der Waals surface area contributed by atoms with Gasteiger partial charge in [-0.2, -0.15) is 5.26 Å². The maximum atomic E-state index is 13.2. The molecule has 1 unspecified atom stereocenters. The predicted octanol–water partition coefficient (Wildman–Crippen LogP) is 7.25. The van der Waals surface area contributed by atoms with Crippen molar-refractivity contribution in [2.75, 3.05) is 40.4 Å². The van der Waals surface area contributed by atoms with Crippen LogP contribution in [0.4, 0.5) is 0 Å². The van der Waals surface area contributed by atoms with E-state index < -0.39 is 0 Å². The minimum absolute atomic E-state index is 0.0141. The van der Waals surface area contributed by atoms with E-state index in [-0.39, 0.29) is 28.2 Å². The van der Waals surface area contributed by atoms with Crippen LogP contribution in [-0.4, -0.2) is 66.5 Å². The second-order valence-corrected chi connectivity index (χ2v) is 14.5. The number of aryl methyl sites for hydroxylation is 1. The number of ketones is 1. The van der Waals surface area contributed by atoms with E-state index in [4.69, 9.17) is 14.7 Å². The summed E-state index contributed by atoms with van der Waals surface area (Å²) in [6.07, 6.45) is 7.75. The average Bonchev–Trinajstić information content (AvgIpc) is 3.07. The van der Waals surface area contributed by atoms with Crippen molar-refractivity contribution in [3.63, 3.8) is 0 Å². The van der Waals surface area contributed by atoms with Crippen molar-refractivity contribution < 1.29 is 19.1 Å². The van der Waals surface area contributed by atoms with Gasteiger partial charge in [0.05, 0.1) is 25.4 Å². The second-order valence-electron chi connectivity index (χ2n) is 14.5. The Labute approximate surface area is 294 Å². The van der Waals surface area contributed by atoms with Crippen LogP contribution in [0.3, 0.4) is 0 Å². The van der Waals surface area contributed by atoms with E-state index in [0.717, 1.165) is 84.8 Å². The van der Waals surface area contributed by atoms with Gasteiger partial charge in [-0.1, -0.05) is 54.0 Å². The smallest absolute Gasteiger partial charge is 0.253 e. The molecule has 1 aliphatic rings. The molecule has 270 valence electrons. The van der Waals surface area contributed by atoms with Crippen molar-refractivity contribution in [1.29, 1.82) is 5.26 Å². The third-order valence-electron chi connectivity index (χ3n) is 9.54. The van der Waals surface area contributed by atoms with Gasteiger partial charge in [-0.3, -0.25) is 19.3 Å². The molecule has 49 heavy (non-hydrogen) atoms. The van der Waals surface area contributed by atoms with Crippen LogP contribution >= 0.6 is 0 Å². The van der Waals surface area contributed by atoms with Crippen LogP contribution in [0, 0.1) is 42.4 Å². The van der Waals surface area contributed by atoms with Crippen molar-refractivity contribution in [3.05, 3.63) is 57.0 Å². The summed E-state index contributed by atoms with van der Waals surface area (Å²) in [7, 11) is 5.14. The van der Waals surface area contributed by atoms with E-state index in [0.29, 0.717) is 18.4 Å². The summed E-state index contributed by atoms with van der Waals surface area (Å²) in [5, 5.41) is 8.52. The molecule has 2 aromatic rings. The third-order valence-corrected chi connectivity index (χ3v) is 9.54. The van der Waals surface area contributed by atoms with Gasteiger partial charge < -0.3 is 18.9 Å². The highest BCUT2D eigenvalue weighted by Crippen LogP contribution is 2.37. The second kappa shape index (κ2) is 18.7. The van der Waals surface area contributed by atoms with Gasteiger partial charge in [0, 0.05) is 63.0 Å². The molecule has 1 fully saturated rings. The van der Waals surface area contributed by atoms with Gasteiger partial charge in [0.2, 0.25) is 5.91 Å². The number of aromatic nitrogens is 1. The van der Waals surface area contributed by atoms with Gasteiger partial charge >= 0.3 is 0 Å². The van der Waals surface area contributed by atoms with Gasteiger partial charge in [-0.25, -0.2) is 0 Å². The third kappa shape index (κ3) is 11.6. The number of allylic oxidation sites excluding steroid dienone is 2. The van der Waals surface area contributed by atoms with E-state index >= 15 is 0 Å². The number of hydrogen-bond donors (Lipinski definition) is 0. The largest absolute Gasteiger partial charge is 0.496 e. The fourth-order valence-electron chi connectivity index (χ4n) is 6.01. The summed E-state index contributed by atoms with van der Waals surface area (Å²) < 4.78 is 13.3. The highest BCUT2D eigenvalue weighted by Gasteiger charge is 2.28. The maximum absolute atomic E-state index is 13.2. The number of Topliss-reactive ketones (excluding diaryl/α,β-unsaturated/α-hetero) is 1. The van der Waals surface area contributed by atoms with Gasteiger partial charge in [0.25, 0.3) is 5.56 Å². The summed E-state index contributed by atoms with van der Waals surface area (Å²) in [6, 6.07) is 5.94. The zero-order valence-electron chi connectivity index (χ0n) is 32.2. The first-order valence-corrected chi connectivity index (χ1v) is 17.6. The molecule has 3 rings (SSSR count). The summed E-state index contributed by atoms with van der Waals surface area (Å²) in [5.41, 5.74) is 4.80. The lowest BCUT2D eigenvalue weighted by Gasteiger charge is -2.37. The SMILES string of the molecule is CC(=O)/C(C#N)=C/C(C)(C)C.CCC(CC[C@H](C)CC)C(=O)N1CCN(Cc2c(OC)cc(-c3cn(C)c(=O)c(C)c3C)cc2OC)CC1. The Morgan fingerprint density at radius 1 is 0.980 bits per heavy atom. The number of piperazine rings is 1. The van der Waals surface area contributed by atoms with Crippen molar-refractivity contribution >= 4 is 11.7 Å². The predicted molar refractivity (Wildman–Crippen MR) is 198 cm³/mol. The minimum Gasteiger partial charge on any atom is -0.496 e. The van der Waals surface area contributed by atoms with E-state index in [9.17, 15) is 14.4 Å². The molecule has 0 radical (unpaired) electrons. The fraction of sp³-hybridized carbons (Fsp3) is 0.600. The molecule has 1 aromatic carbocycles. The molecule has 9 heteroatoms. The van der Waals surface area contributed by atoms with Gasteiger partial charge in [0.15, 0.2) is 5.78 Å². The molecule has 9 nitrogen and oxygen atoms in total. The Kier molecular flexibility index (Phi) is 15.8. The summed E-state index contributed by atoms with van der Waals surface area (Å²) in [6.45, 7) is 21.6. The van der Waals surface area contributed by atoms with Crippen LogP contribution in [0.15, 0.2) is 34.8 Å². The molecule has 0 saturated carbocycles. The first-order chi connectivity index (χ1) is 23.0. The number of pyridine rings is 1. The number of nitrogens with zero attached hydrogens (tertiary/aromatic N) is 4. The molecule has 1 saturated heterocycles. The lowest BCUT2D eigenvalue weighted by atomic mass is 9.92. The average molecular weight is 677 g/mol. The Balaban J connectivity index is 0.000000650. The van der Waals surface area contributed by atoms with E-state index in [1.807, 2.05) is 59.0 Å². The van der Waals surface area contributed by atoms with Gasteiger partial charge in [0.1, 0.15) is 17.6 Å². The van der Waals surface area contributed by atoms with E-state index in [1.165, 1.54) is 13.3 Å². The quantitative estimate of drug-likeness (QED) is 0.172. The van der Waals surface area contributed by atoms with Crippen LogP contribution < -0.4 is 15.0 Å². The topological polar surface area (TPSA) is 105 Å². The number of carbonyl (C=O) groups excluding carboxylic acids is 2. The molecule has 0 N–H and O–H groups in total. The van der Waals surface area contributed by atoms with E-state index in [1.54, 1.807) is 31.9 Å². The van der Waals surface area contributed by atoms with Crippen molar-refractivity contribution in [2.24, 2.45) is 24.3 Å². The maximum Gasteiger partial charge on any atom is 0.253 e. The Morgan fingerprint density at radius 2 is 1.55 bits per heavy atom.